The smallest absolute Gasteiger partial charge is 0.246 e. The van der Waals surface area contributed by atoms with Gasteiger partial charge in [0.25, 0.3) is 0 Å². The van der Waals surface area contributed by atoms with E-state index in [-0.39, 0.29) is 41.9 Å². The Morgan fingerprint density at radius 3 is 2.48 bits per heavy atom. The van der Waals surface area contributed by atoms with Gasteiger partial charge in [0, 0.05) is 19.0 Å². The molecule has 3 amide bonds. The third kappa shape index (κ3) is 5.22. The fourth-order valence-corrected chi connectivity index (χ4v) is 5.45. The van der Waals surface area contributed by atoms with Crippen molar-refractivity contribution in [2.75, 3.05) is 12.3 Å². The molecule has 2 heterocycles. The number of piperazine rings is 1. The van der Waals surface area contributed by atoms with Crippen LogP contribution in [0.2, 0.25) is 0 Å². The quantitative estimate of drug-likeness (QED) is 0.645. The maximum absolute atomic E-state index is 13.1. The van der Waals surface area contributed by atoms with Gasteiger partial charge in [-0.1, -0.05) is 30.3 Å². The highest BCUT2D eigenvalue weighted by Gasteiger charge is 2.44. The van der Waals surface area contributed by atoms with Crippen molar-refractivity contribution >= 4 is 27.6 Å². The van der Waals surface area contributed by atoms with Crippen molar-refractivity contribution in [1.29, 1.82) is 0 Å². The van der Waals surface area contributed by atoms with E-state index in [1.807, 2.05) is 0 Å². The van der Waals surface area contributed by atoms with E-state index in [1.54, 1.807) is 30.3 Å². The Morgan fingerprint density at radius 1 is 1.09 bits per heavy atom. The highest BCUT2D eigenvalue weighted by atomic mass is 32.2. The van der Waals surface area contributed by atoms with Crippen LogP contribution in [0.15, 0.2) is 59.5 Å². The van der Waals surface area contributed by atoms with E-state index in [1.165, 1.54) is 29.2 Å². The second-order valence-electron chi connectivity index (χ2n) is 8.30. The van der Waals surface area contributed by atoms with Crippen LogP contribution >= 0.6 is 0 Å². The molecular weight excluding hydrogens is 449 g/mol. The van der Waals surface area contributed by atoms with Gasteiger partial charge in [-0.05, 0) is 42.7 Å². The number of benzene rings is 2. The van der Waals surface area contributed by atoms with Crippen molar-refractivity contribution in [3.05, 3.63) is 66.0 Å². The monoisotopic (exact) mass is 473 g/mol. The fraction of sp³-hybridized carbons (Fsp3) is 0.348. The van der Waals surface area contributed by atoms with Crippen LogP contribution in [-0.2, 0) is 30.6 Å². The Balaban J connectivity index is 1.35. The predicted octanol–water partition coefficient (Wildman–Crippen LogP) is 0.816. The molecule has 2 aliphatic rings. The third-order valence-corrected chi connectivity index (χ3v) is 7.58. The number of nitrogens with one attached hydrogen (secondary N) is 2. The number of rotatable bonds is 6. The number of nitrogens with zero attached hydrogens (tertiary/aromatic N) is 1. The van der Waals surface area contributed by atoms with E-state index in [4.69, 9.17) is 0 Å². The lowest BCUT2D eigenvalue weighted by atomic mass is 9.91. The van der Waals surface area contributed by atoms with Crippen LogP contribution in [-0.4, -0.2) is 61.5 Å². The zero-order valence-electron chi connectivity index (χ0n) is 17.7. The second kappa shape index (κ2) is 9.30. The average molecular weight is 474 g/mol. The Bertz CT molecular complexity index is 1150. The number of fused-ring (bicyclic) bond motifs is 1. The van der Waals surface area contributed by atoms with Crippen LogP contribution < -0.4 is 10.6 Å². The van der Waals surface area contributed by atoms with Gasteiger partial charge in [0.1, 0.15) is 23.7 Å². The molecule has 2 saturated heterocycles. The highest BCUT2D eigenvalue weighted by Crippen LogP contribution is 2.24. The molecule has 2 aliphatic heterocycles. The van der Waals surface area contributed by atoms with Crippen molar-refractivity contribution < 1.29 is 27.2 Å². The topological polar surface area (TPSA) is 113 Å². The van der Waals surface area contributed by atoms with Crippen molar-refractivity contribution in [3.63, 3.8) is 0 Å². The van der Waals surface area contributed by atoms with Crippen LogP contribution in [0.1, 0.15) is 18.4 Å². The fourth-order valence-electron chi connectivity index (χ4n) is 4.29. The standard InChI is InChI=1S/C23H24FN3O5S/c24-16-8-6-15(7-9-16)12-19-23(30)27-11-10-17(13-20(27)22(29)26-19)25-21(28)14-33(31,32)18-4-2-1-3-5-18/h1-9,17,19-20H,10-14H2,(H,25,28)(H,26,29)/t17-,19+,20+/m1/s1. The third-order valence-electron chi connectivity index (χ3n) is 5.94. The Hall–Kier alpha value is -3.27. The summed E-state index contributed by atoms with van der Waals surface area (Å²) < 4.78 is 37.9. The van der Waals surface area contributed by atoms with Gasteiger partial charge < -0.3 is 15.5 Å². The molecule has 0 spiro atoms. The molecule has 0 unspecified atom stereocenters. The summed E-state index contributed by atoms with van der Waals surface area (Å²) in [6.07, 6.45) is 0.874. The molecule has 3 atom stereocenters. The SMILES string of the molecule is O=C(CS(=O)(=O)c1ccccc1)N[C@@H]1CCN2C(=O)[C@H](Cc3ccc(F)cc3)NC(=O)[C@@H]2C1. The summed E-state index contributed by atoms with van der Waals surface area (Å²) in [6, 6.07) is 11.6. The lowest BCUT2D eigenvalue weighted by Crippen LogP contribution is -2.67. The maximum atomic E-state index is 13.1. The minimum Gasteiger partial charge on any atom is -0.352 e. The number of piperidine rings is 1. The lowest BCUT2D eigenvalue weighted by molar-refractivity contribution is -0.151. The lowest BCUT2D eigenvalue weighted by Gasteiger charge is -2.44. The summed E-state index contributed by atoms with van der Waals surface area (Å²) in [4.78, 5) is 39.6. The van der Waals surface area contributed by atoms with Crippen LogP contribution in [0.3, 0.4) is 0 Å². The molecule has 8 nitrogen and oxygen atoms in total. The normalized spacial score (nSPS) is 22.9. The first-order valence-corrected chi connectivity index (χ1v) is 12.3. The molecule has 2 fully saturated rings. The highest BCUT2D eigenvalue weighted by molar-refractivity contribution is 7.92. The first kappa shape index (κ1) is 22.9. The number of halogens is 1. The van der Waals surface area contributed by atoms with E-state index < -0.39 is 39.6 Å². The first-order valence-electron chi connectivity index (χ1n) is 10.7. The molecule has 0 saturated carbocycles. The largest absolute Gasteiger partial charge is 0.352 e. The van der Waals surface area contributed by atoms with E-state index in [0.29, 0.717) is 6.42 Å². The molecule has 0 radical (unpaired) electrons. The molecule has 0 aliphatic carbocycles. The zero-order valence-corrected chi connectivity index (χ0v) is 18.6. The summed E-state index contributed by atoms with van der Waals surface area (Å²) in [5.74, 6) is -2.25. The Labute approximate surface area is 191 Å². The van der Waals surface area contributed by atoms with Crippen molar-refractivity contribution in [2.45, 2.75) is 42.3 Å². The number of carbonyl (C=O) groups excluding carboxylic acids is 3. The van der Waals surface area contributed by atoms with Crippen LogP contribution in [0.4, 0.5) is 4.39 Å². The Morgan fingerprint density at radius 2 is 1.79 bits per heavy atom. The summed E-state index contributed by atoms with van der Waals surface area (Å²) in [5, 5.41) is 5.43. The van der Waals surface area contributed by atoms with Gasteiger partial charge in [0.15, 0.2) is 9.84 Å². The molecule has 4 rings (SSSR count). The number of sulfone groups is 1. The van der Waals surface area contributed by atoms with Crippen LogP contribution in [0.5, 0.6) is 0 Å². The van der Waals surface area contributed by atoms with Gasteiger partial charge in [-0.3, -0.25) is 14.4 Å². The molecule has 0 aromatic heterocycles. The van der Waals surface area contributed by atoms with Gasteiger partial charge in [-0.2, -0.15) is 0 Å². The van der Waals surface area contributed by atoms with Gasteiger partial charge in [-0.15, -0.1) is 0 Å². The van der Waals surface area contributed by atoms with Crippen LogP contribution in [0.25, 0.3) is 0 Å². The minimum atomic E-state index is -3.77. The number of hydrogen-bond donors (Lipinski definition) is 2. The van der Waals surface area contributed by atoms with E-state index in [2.05, 4.69) is 10.6 Å². The number of hydrogen-bond acceptors (Lipinski definition) is 5. The van der Waals surface area contributed by atoms with Gasteiger partial charge >= 0.3 is 0 Å². The van der Waals surface area contributed by atoms with Crippen molar-refractivity contribution in [1.82, 2.24) is 15.5 Å². The summed E-state index contributed by atoms with van der Waals surface area (Å²) in [7, 11) is -3.77. The molecule has 2 aromatic rings. The summed E-state index contributed by atoms with van der Waals surface area (Å²) in [5.41, 5.74) is 0.732. The summed E-state index contributed by atoms with van der Waals surface area (Å²) in [6.45, 7) is 0.271. The average Bonchev–Trinajstić information content (AvgIpc) is 2.79. The molecular formula is C23H24FN3O5S. The van der Waals surface area contributed by atoms with Crippen molar-refractivity contribution in [3.8, 4) is 0 Å². The van der Waals surface area contributed by atoms with Gasteiger partial charge in [-0.25, -0.2) is 12.8 Å². The summed E-state index contributed by atoms with van der Waals surface area (Å²) >= 11 is 0. The second-order valence-corrected chi connectivity index (χ2v) is 10.3. The van der Waals surface area contributed by atoms with Crippen molar-refractivity contribution in [2.24, 2.45) is 0 Å². The number of carbonyl (C=O) groups is 3. The van der Waals surface area contributed by atoms with Gasteiger partial charge in [0.05, 0.1) is 4.90 Å². The van der Waals surface area contributed by atoms with Gasteiger partial charge in [0.2, 0.25) is 17.7 Å². The molecule has 33 heavy (non-hydrogen) atoms. The first-order chi connectivity index (χ1) is 15.7. The predicted molar refractivity (Wildman–Crippen MR) is 117 cm³/mol. The minimum absolute atomic E-state index is 0.0689. The Kier molecular flexibility index (Phi) is 6.46. The molecule has 0 bridgehead atoms. The number of amides is 3. The molecule has 10 heteroatoms. The van der Waals surface area contributed by atoms with E-state index in [0.717, 1.165) is 5.56 Å². The van der Waals surface area contributed by atoms with Crippen LogP contribution in [0, 0.1) is 5.82 Å². The molecule has 2 aromatic carbocycles. The molecule has 174 valence electrons. The van der Waals surface area contributed by atoms with E-state index >= 15 is 0 Å². The van der Waals surface area contributed by atoms with E-state index in [9.17, 15) is 27.2 Å². The maximum Gasteiger partial charge on any atom is 0.246 e. The molecule has 2 N–H and O–H groups in total. The zero-order chi connectivity index (χ0) is 23.6.